The molecule has 0 atom stereocenters. The molecule has 6 heteroatoms. The molecule has 1 saturated carbocycles. The molecule has 0 bridgehead atoms. The minimum absolute atomic E-state index is 0.00352. The molecule has 2 aromatic carbocycles. The van der Waals surface area contributed by atoms with Crippen LogP contribution in [0.5, 0.6) is 0 Å². The number of rotatable bonds is 4. The van der Waals surface area contributed by atoms with E-state index in [1.165, 1.54) is 17.7 Å². The quantitative estimate of drug-likeness (QED) is 0.750. The fourth-order valence-electron chi connectivity index (χ4n) is 3.81. The van der Waals surface area contributed by atoms with E-state index >= 15 is 0 Å². The second kappa shape index (κ2) is 8.03. The van der Waals surface area contributed by atoms with E-state index in [1.807, 2.05) is 6.07 Å². The number of carbonyl (C=O) groups is 1. The topological polar surface area (TPSA) is 54.5 Å². The maximum atomic E-state index is 12.9. The summed E-state index contributed by atoms with van der Waals surface area (Å²) in [6.07, 6.45) is 5.06. The van der Waals surface area contributed by atoms with Gasteiger partial charge in [-0.3, -0.25) is 4.79 Å². The van der Waals surface area contributed by atoms with Crippen LogP contribution in [0.3, 0.4) is 0 Å². The average molecular weight is 406 g/mol. The molecule has 1 fully saturated rings. The molecule has 1 amide bonds. The van der Waals surface area contributed by atoms with Crippen LogP contribution in [0.15, 0.2) is 53.4 Å². The summed E-state index contributed by atoms with van der Waals surface area (Å²) in [7, 11) is -1.68. The molecule has 0 spiro atoms. The van der Waals surface area contributed by atoms with Gasteiger partial charge in [0.05, 0.1) is 9.92 Å². The summed E-state index contributed by atoms with van der Waals surface area (Å²) < 4.78 is 23.7. The largest absolute Gasteiger partial charge is 0.339 e. The van der Waals surface area contributed by atoms with E-state index in [9.17, 15) is 13.2 Å². The number of halogens is 1. The molecule has 0 unspecified atom stereocenters. The van der Waals surface area contributed by atoms with Crippen molar-refractivity contribution in [3.05, 3.63) is 64.7 Å². The maximum Gasteiger partial charge on any atom is 0.253 e. The summed E-state index contributed by atoms with van der Waals surface area (Å²) in [6.45, 7) is 0. The molecular formula is C21H24ClNO3S. The van der Waals surface area contributed by atoms with Gasteiger partial charge in [0.2, 0.25) is 0 Å². The Kier molecular flexibility index (Phi) is 5.92. The van der Waals surface area contributed by atoms with Crippen molar-refractivity contribution in [3.8, 4) is 0 Å². The van der Waals surface area contributed by atoms with Gasteiger partial charge >= 0.3 is 0 Å². The third-order valence-electron chi connectivity index (χ3n) is 5.41. The molecule has 0 aromatic heterocycles. The maximum absolute atomic E-state index is 12.9. The van der Waals surface area contributed by atoms with Crippen LogP contribution in [0, 0.1) is 0 Å². The Morgan fingerprint density at radius 2 is 1.67 bits per heavy atom. The molecule has 0 N–H and O–H groups in total. The van der Waals surface area contributed by atoms with Crippen LogP contribution in [0.2, 0.25) is 5.02 Å². The number of benzene rings is 2. The van der Waals surface area contributed by atoms with Crippen molar-refractivity contribution in [1.82, 2.24) is 4.90 Å². The van der Waals surface area contributed by atoms with E-state index in [0.717, 1.165) is 31.9 Å². The number of carbonyl (C=O) groups excluding carboxylic acids is 1. The summed E-state index contributed by atoms with van der Waals surface area (Å²) >= 11 is 5.98. The molecule has 2 aromatic rings. The van der Waals surface area contributed by atoms with Gasteiger partial charge in [0.1, 0.15) is 0 Å². The van der Waals surface area contributed by atoms with Crippen LogP contribution >= 0.6 is 11.6 Å². The van der Waals surface area contributed by atoms with E-state index in [1.54, 1.807) is 18.0 Å². The highest BCUT2D eigenvalue weighted by molar-refractivity contribution is 7.90. The van der Waals surface area contributed by atoms with Crippen molar-refractivity contribution in [2.45, 2.75) is 42.5 Å². The first-order valence-electron chi connectivity index (χ1n) is 9.09. The van der Waals surface area contributed by atoms with Crippen molar-refractivity contribution < 1.29 is 13.2 Å². The smallest absolute Gasteiger partial charge is 0.253 e. The minimum Gasteiger partial charge on any atom is -0.339 e. The van der Waals surface area contributed by atoms with Crippen molar-refractivity contribution in [2.75, 3.05) is 13.3 Å². The van der Waals surface area contributed by atoms with Crippen molar-refractivity contribution >= 4 is 27.3 Å². The number of sulfone groups is 1. The van der Waals surface area contributed by atoms with Gasteiger partial charge in [-0.15, -0.1) is 0 Å². The molecule has 1 aliphatic rings. The monoisotopic (exact) mass is 405 g/mol. The van der Waals surface area contributed by atoms with Gasteiger partial charge in [0.25, 0.3) is 5.91 Å². The van der Waals surface area contributed by atoms with Crippen molar-refractivity contribution in [3.63, 3.8) is 0 Å². The molecule has 3 rings (SSSR count). The first-order chi connectivity index (χ1) is 12.8. The predicted molar refractivity (Wildman–Crippen MR) is 108 cm³/mol. The van der Waals surface area contributed by atoms with Gasteiger partial charge < -0.3 is 4.90 Å². The summed E-state index contributed by atoms with van der Waals surface area (Å²) in [5.74, 6) is 0.373. The van der Waals surface area contributed by atoms with Crippen LogP contribution in [-0.2, 0) is 9.84 Å². The molecule has 144 valence electrons. The first kappa shape index (κ1) is 19.9. The zero-order valence-electron chi connectivity index (χ0n) is 15.6. The molecular weight excluding hydrogens is 382 g/mol. The van der Waals surface area contributed by atoms with Crippen molar-refractivity contribution in [2.24, 2.45) is 0 Å². The van der Waals surface area contributed by atoms with Crippen LogP contribution in [0.1, 0.15) is 47.5 Å². The standard InChI is InChI=1S/C21H24ClNO3S/c1-23(18-11-8-16(9-12-18)15-6-4-3-5-7-15)21(24)17-10-13-19(22)20(14-17)27(2,25)26/h3-7,10,13-14,16,18H,8-9,11-12H2,1-2H3. The third kappa shape index (κ3) is 4.53. The Hall–Kier alpha value is -1.85. The number of amides is 1. The number of nitrogens with zero attached hydrogens (tertiary/aromatic N) is 1. The molecule has 4 nitrogen and oxygen atoms in total. The summed E-state index contributed by atoms with van der Waals surface area (Å²) in [5, 5.41) is 0.139. The van der Waals surface area contributed by atoms with Gasteiger partial charge in [0, 0.05) is 24.9 Å². The van der Waals surface area contributed by atoms with Crippen LogP contribution in [-0.4, -0.2) is 38.6 Å². The fraction of sp³-hybridized carbons (Fsp3) is 0.381. The van der Waals surface area contributed by atoms with Gasteiger partial charge in [-0.05, 0) is 55.4 Å². The summed E-state index contributed by atoms with van der Waals surface area (Å²) in [4.78, 5) is 14.6. The highest BCUT2D eigenvalue weighted by atomic mass is 35.5. The van der Waals surface area contributed by atoms with Gasteiger partial charge in [-0.25, -0.2) is 8.42 Å². The Labute approximate surface area is 166 Å². The van der Waals surface area contributed by atoms with E-state index in [4.69, 9.17) is 11.6 Å². The minimum atomic E-state index is -3.48. The predicted octanol–water partition coefficient (Wildman–Crippen LogP) is 4.54. The second-order valence-electron chi connectivity index (χ2n) is 7.25. The summed E-state index contributed by atoms with van der Waals surface area (Å²) in [5.41, 5.74) is 1.72. The lowest BCUT2D eigenvalue weighted by molar-refractivity contribution is 0.0689. The zero-order chi connectivity index (χ0) is 19.6. The summed E-state index contributed by atoms with van der Waals surface area (Å²) in [6, 6.07) is 15.1. The van der Waals surface area contributed by atoms with E-state index in [-0.39, 0.29) is 21.9 Å². The SMILES string of the molecule is CN(C(=O)c1ccc(Cl)c(S(C)(=O)=O)c1)C1CCC(c2ccccc2)CC1. The third-order valence-corrected chi connectivity index (χ3v) is 6.99. The Balaban J connectivity index is 1.70. The van der Waals surface area contributed by atoms with Gasteiger partial charge in [-0.2, -0.15) is 0 Å². The molecule has 1 aliphatic carbocycles. The van der Waals surface area contributed by atoms with E-state index in [0.29, 0.717) is 11.5 Å². The average Bonchev–Trinajstić information content (AvgIpc) is 2.67. The Bertz CT molecular complexity index is 920. The van der Waals surface area contributed by atoms with Crippen LogP contribution in [0.25, 0.3) is 0 Å². The lowest BCUT2D eigenvalue weighted by Gasteiger charge is -2.35. The molecule has 0 heterocycles. The highest BCUT2D eigenvalue weighted by Crippen LogP contribution is 2.35. The second-order valence-corrected chi connectivity index (χ2v) is 9.64. The lowest BCUT2D eigenvalue weighted by Crippen LogP contribution is -2.39. The number of hydrogen-bond acceptors (Lipinski definition) is 3. The normalized spacial score (nSPS) is 20.3. The molecule has 0 aliphatic heterocycles. The van der Waals surface area contributed by atoms with Crippen molar-refractivity contribution in [1.29, 1.82) is 0 Å². The molecule has 27 heavy (non-hydrogen) atoms. The fourth-order valence-corrected chi connectivity index (χ4v) is 5.11. The molecule has 0 radical (unpaired) electrons. The first-order valence-corrected chi connectivity index (χ1v) is 11.4. The van der Waals surface area contributed by atoms with Gasteiger partial charge in [-0.1, -0.05) is 41.9 Å². The zero-order valence-corrected chi connectivity index (χ0v) is 17.1. The van der Waals surface area contributed by atoms with Gasteiger partial charge in [0.15, 0.2) is 9.84 Å². The highest BCUT2D eigenvalue weighted by Gasteiger charge is 2.28. The van der Waals surface area contributed by atoms with E-state index < -0.39 is 9.84 Å². The Morgan fingerprint density at radius 1 is 1.04 bits per heavy atom. The number of hydrogen-bond donors (Lipinski definition) is 0. The van der Waals surface area contributed by atoms with E-state index in [2.05, 4.69) is 24.3 Å². The Morgan fingerprint density at radius 3 is 2.26 bits per heavy atom. The lowest BCUT2D eigenvalue weighted by atomic mass is 9.81. The van der Waals surface area contributed by atoms with Crippen LogP contribution in [0.4, 0.5) is 0 Å². The molecule has 0 saturated heterocycles. The van der Waals surface area contributed by atoms with Crippen LogP contribution < -0.4 is 0 Å².